The Balaban J connectivity index is 2.41. The van der Waals surface area contributed by atoms with Gasteiger partial charge in [-0.2, -0.15) is 0 Å². The lowest BCUT2D eigenvalue weighted by molar-refractivity contribution is -0.117. The van der Waals surface area contributed by atoms with Crippen LogP contribution in [-0.2, 0) is 14.6 Å². The molecule has 1 aliphatic rings. The van der Waals surface area contributed by atoms with Gasteiger partial charge in [-0.05, 0) is 32.9 Å². The first-order valence-corrected chi connectivity index (χ1v) is 7.86. The lowest BCUT2D eigenvalue weighted by atomic mass is 10.1. The molecule has 5 nitrogen and oxygen atoms in total. The molecule has 0 spiro atoms. The maximum absolute atomic E-state index is 12.6. The van der Waals surface area contributed by atoms with Crippen LogP contribution in [0.5, 0.6) is 11.5 Å². The summed E-state index contributed by atoms with van der Waals surface area (Å²) in [5, 5.41) is 0. The van der Waals surface area contributed by atoms with E-state index in [1.165, 1.54) is 19.1 Å². The molecule has 110 valence electrons. The highest BCUT2D eigenvalue weighted by Gasteiger charge is 2.37. The van der Waals surface area contributed by atoms with Crippen molar-refractivity contribution in [2.24, 2.45) is 0 Å². The Hall–Kier alpha value is -1.56. The summed E-state index contributed by atoms with van der Waals surface area (Å²) in [6.45, 7) is 5.35. The zero-order valence-electron chi connectivity index (χ0n) is 11.8. The van der Waals surface area contributed by atoms with Crippen molar-refractivity contribution in [2.75, 3.05) is 13.2 Å². The second-order valence-electron chi connectivity index (χ2n) is 5.45. The van der Waals surface area contributed by atoms with E-state index in [1.807, 2.05) is 0 Å². The van der Waals surface area contributed by atoms with Crippen molar-refractivity contribution >= 4 is 15.6 Å². The number of hydrogen-bond donors (Lipinski definition) is 0. The standard InChI is InChI=1S/C14H18O5S/c1-10(15)9-14(2,3)20(16,17)11-4-5-12-13(8-11)19-7-6-18-12/h4-5,8H,6-7,9H2,1-3H3. The number of carbonyl (C=O) groups is 1. The van der Waals surface area contributed by atoms with Crippen molar-refractivity contribution in [1.82, 2.24) is 0 Å². The van der Waals surface area contributed by atoms with Gasteiger partial charge in [0, 0.05) is 12.5 Å². The predicted molar refractivity (Wildman–Crippen MR) is 74.0 cm³/mol. The smallest absolute Gasteiger partial charge is 0.184 e. The number of ether oxygens (including phenoxy) is 2. The molecule has 0 aliphatic carbocycles. The van der Waals surface area contributed by atoms with Gasteiger partial charge in [0.2, 0.25) is 0 Å². The molecule has 20 heavy (non-hydrogen) atoms. The monoisotopic (exact) mass is 298 g/mol. The van der Waals surface area contributed by atoms with E-state index in [9.17, 15) is 13.2 Å². The van der Waals surface area contributed by atoms with Gasteiger partial charge in [0.1, 0.15) is 19.0 Å². The molecule has 0 amide bonds. The Kier molecular flexibility index (Phi) is 3.77. The fraction of sp³-hybridized carbons (Fsp3) is 0.500. The molecule has 0 fully saturated rings. The molecule has 0 saturated heterocycles. The number of benzene rings is 1. The Morgan fingerprint density at radius 3 is 2.40 bits per heavy atom. The third kappa shape index (κ3) is 2.65. The Morgan fingerprint density at radius 1 is 1.20 bits per heavy atom. The van der Waals surface area contributed by atoms with Gasteiger partial charge in [0.15, 0.2) is 21.3 Å². The number of carbonyl (C=O) groups excluding carboxylic acids is 1. The lowest BCUT2D eigenvalue weighted by Gasteiger charge is -2.25. The van der Waals surface area contributed by atoms with Crippen molar-refractivity contribution < 1.29 is 22.7 Å². The van der Waals surface area contributed by atoms with E-state index < -0.39 is 14.6 Å². The molecular formula is C14H18O5S. The van der Waals surface area contributed by atoms with Gasteiger partial charge in [0.05, 0.1) is 9.64 Å². The van der Waals surface area contributed by atoms with E-state index in [0.29, 0.717) is 24.7 Å². The van der Waals surface area contributed by atoms with E-state index >= 15 is 0 Å². The zero-order valence-corrected chi connectivity index (χ0v) is 12.6. The minimum Gasteiger partial charge on any atom is -0.486 e. The van der Waals surface area contributed by atoms with Gasteiger partial charge in [-0.3, -0.25) is 4.79 Å². The lowest BCUT2D eigenvalue weighted by Crippen LogP contribution is -2.34. The van der Waals surface area contributed by atoms with Gasteiger partial charge < -0.3 is 9.47 Å². The van der Waals surface area contributed by atoms with Gasteiger partial charge in [-0.15, -0.1) is 0 Å². The van der Waals surface area contributed by atoms with Gasteiger partial charge >= 0.3 is 0 Å². The van der Waals surface area contributed by atoms with E-state index in [2.05, 4.69) is 0 Å². The van der Waals surface area contributed by atoms with Crippen LogP contribution < -0.4 is 9.47 Å². The highest BCUT2D eigenvalue weighted by Crippen LogP contribution is 2.36. The Bertz CT molecular complexity index is 631. The summed E-state index contributed by atoms with van der Waals surface area (Å²) in [5.41, 5.74) is 0. The second-order valence-corrected chi connectivity index (χ2v) is 8.03. The Morgan fingerprint density at radius 2 is 1.80 bits per heavy atom. The summed E-state index contributed by atoms with van der Waals surface area (Å²) in [5.74, 6) is 0.812. The average molecular weight is 298 g/mol. The van der Waals surface area contributed by atoms with Crippen molar-refractivity contribution in [3.05, 3.63) is 18.2 Å². The van der Waals surface area contributed by atoms with Crippen LogP contribution in [0.15, 0.2) is 23.1 Å². The van der Waals surface area contributed by atoms with Crippen molar-refractivity contribution in [3.63, 3.8) is 0 Å². The zero-order chi connectivity index (χ0) is 15.0. The second kappa shape index (κ2) is 5.09. The van der Waals surface area contributed by atoms with E-state index in [1.54, 1.807) is 19.9 Å². The number of hydrogen-bond acceptors (Lipinski definition) is 5. The molecule has 2 rings (SSSR count). The molecule has 6 heteroatoms. The van der Waals surface area contributed by atoms with Crippen molar-refractivity contribution in [3.8, 4) is 11.5 Å². The van der Waals surface area contributed by atoms with Crippen LogP contribution >= 0.6 is 0 Å². The maximum atomic E-state index is 12.6. The molecule has 1 heterocycles. The van der Waals surface area contributed by atoms with Crippen LogP contribution in [0, 0.1) is 0 Å². The topological polar surface area (TPSA) is 69.7 Å². The summed E-state index contributed by atoms with van der Waals surface area (Å²) in [7, 11) is -3.62. The molecular weight excluding hydrogens is 280 g/mol. The molecule has 1 aromatic carbocycles. The summed E-state index contributed by atoms with van der Waals surface area (Å²) in [6, 6.07) is 4.54. The van der Waals surface area contributed by atoms with Crippen molar-refractivity contribution in [2.45, 2.75) is 36.8 Å². The highest BCUT2D eigenvalue weighted by atomic mass is 32.2. The average Bonchev–Trinajstić information content (AvgIpc) is 2.36. The largest absolute Gasteiger partial charge is 0.486 e. The fourth-order valence-electron chi connectivity index (χ4n) is 2.20. The molecule has 0 radical (unpaired) electrons. The number of fused-ring (bicyclic) bond motifs is 1. The van der Waals surface area contributed by atoms with E-state index in [4.69, 9.17) is 9.47 Å². The molecule has 0 saturated carbocycles. The number of ketones is 1. The predicted octanol–water partition coefficient (Wildman–Crippen LogP) is 1.99. The minimum absolute atomic E-state index is 0.0240. The van der Waals surface area contributed by atoms with Crippen LogP contribution in [0.4, 0.5) is 0 Å². The van der Waals surface area contributed by atoms with Gasteiger partial charge in [-0.25, -0.2) is 8.42 Å². The van der Waals surface area contributed by atoms with E-state index in [-0.39, 0.29) is 17.1 Å². The van der Waals surface area contributed by atoms with Crippen LogP contribution in [0.1, 0.15) is 27.2 Å². The molecule has 1 aliphatic heterocycles. The van der Waals surface area contributed by atoms with Gasteiger partial charge in [-0.1, -0.05) is 0 Å². The quantitative estimate of drug-likeness (QED) is 0.850. The van der Waals surface area contributed by atoms with Crippen LogP contribution in [0.2, 0.25) is 0 Å². The maximum Gasteiger partial charge on any atom is 0.184 e. The van der Waals surface area contributed by atoms with Crippen molar-refractivity contribution in [1.29, 1.82) is 0 Å². The first-order valence-electron chi connectivity index (χ1n) is 6.38. The normalized spacial score (nSPS) is 14.9. The number of sulfone groups is 1. The summed E-state index contributed by atoms with van der Waals surface area (Å²) >= 11 is 0. The highest BCUT2D eigenvalue weighted by molar-refractivity contribution is 7.92. The SMILES string of the molecule is CC(=O)CC(C)(C)S(=O)(=O)c1ccc2c(c1)OCCO2. The number of rotatable bonds is 4. The van der Waals surface area contributed by atoms with Crippen LogP contribution in [-0.4, -0.2) is 32.2 Å². The van der Waals surface area contributed by atoms with Gasteiger partial charge in [0.25, 0.3) is 0 Å². The molecule has 1 aromatic rings. The first-order chi connectivity index (χ1) is 9.24. The summed E-state index contributed by atoms with van der Waals surface area (Å²) in [4.78, 5) is 11.4. The summed E-state index contributed by atoms with van der Waals surface area (Å²) in [6.07, 6.45) is -0.0240. The first kappa shape index (κ1) is 14.8. The third-order valence-corrected chi connectivity index (χ3v) is 5.70. The molecule has 0 bridgehead atoms. The summed E-state index contributed by atoms with van der Waals surface area (Å²) < 4.78 is 34.9. The minimum atomic E-state index is -3.62. The molecule has 0 N–H and O–H groups in total. The molecule has 0 unspecified atom stereocenters. The molecule has 0 atom stereocenters. The van der Waals surface area contributed by atoms with Crippen LogP contribution in [0.25, 0.3) is 0 Å². The number of Topliss-reactive ketones (excluding diaryl/α,β-unsaturated/α-hetero) is 1. The Labute approximate surface area is 118 Å². The van der Waals surface area contributed by atoms with E-state index in [0.717, 1.165) is 0 Å². The fourth-order valence-corrected chi connectivity index (χ4v) is 3.75. The third-order valence-electron chi connectivity index (χ3n) is 3.23. The van der Waals surface area contributed by atoms with Crippen LogP contribution in [0.3, 0.4) is 0 Å². The molecule has 0 aromatic heterocycles.